The summed E-state index contributed by atoms with van der Waals surface area (Å²) in [6.07, 6.45) is 0. The number of amides is 2. The summed E-state index contributed by atoms with van der Waals surface area (Å²) in [5, 5.41) is 5.28. The fraction of sp³-hybridized carbons (Fsp3) is 0.467. The van der Waals surface area contributed by atoms with Gasteiger partial charge in [0.05, 0.1) is 11.1 Å². The van der Waals surface area contributed by atoms with Crippen LogP contribution in [0, 0.1) is 11.7 Å². The van der Waals surface area contributed by atoms with Crippen molar-refractivity contribution in [1.82, 2.24) is 5.32 Å². The largest absolute Gasteiger partial charge is 0.345 e. The Bertz CT molecular complexity index is 546. The van der Waals surface area contributed by atoms with Crippen molar-refractivity contribution in [3.63, 3.8) is 0 Å². The van der Waals surface area contributed by atoms with Gasteiger partial charge in [-0.05, 0) is 31.0 Å². The standard InChI is InChI=1S/C15H22FN3O2/c1-9(2)15(4,8-17)19-14(21)12-7-11(18-10(3)20)5-6-13(12)16/h5-7,9H,8,17H2,1-4H3,(H,18,20)(H,19,21). The SMILES string of the molecule is CC(=O)Nc1ccc(F)c(C(=O)NC(C)(CN)C(C)C)c1. The molecule has 5 nitrogen and oxygen atoms in total. The first-order valence-corrected chi connectivity index (χ1v) is 6.79. The molecule has 1 aromatic rings. The number of carbonyl (C=O) groups is 2. The summed E-state index contributed by atoms with van der Waals surface area (Å²) < 4.78 is 13.8. The smallest absolute Gasteiger partial charge is 0.254 e. The summed E-state index contributed by atoms with van der Waals surface area (Å²) >= 11 is 0. The van der Waals surface area contributed by atoms with Gasteiger partial charge in [0.25, 0.3) is 5.91 Å². The molecule has 1 aromatic carbocycles. The average molecular weight is 295 g/mol. The van der Waals surface area contributed by atoms with E-state index >= 15 is 0 Å². The van der Waals surface area contributed by atoms with E-state index in [1.165, 1.54) is 19.1 Å². The minimum atomic E-state index is -0.648. The predicted molar refractivity (Wildman–Crippen MR) is 80.5 cm³/mol. The van der Waals surface area contributed by atoms with Gasteiger partial charge in [0.15, 0.2) is 0 Å². The molecule has 0 saturated carbocycles. The van der Waals surface area contributed by atoms with Gasteiger partial charge in [-0.3, -0.25) is 9.59 Å². The van der Waals surface area contributed by atoms with Crippen LogP contribution in [0.15, 0.2) is 18.2 Å². The topological polar surface area (TPSA) is 84.2 Å². The van der Waals surface area contributed by atoms with E-state index in [-0.39, 0.29) is 23.9 Å². The predicted octanol–water partition coefficient (Wildman–Crippen LogP) is 1.89. The van der Waals surface area contributed by atoms with E-state index < -0.39 is 17.3 Å². The maximum absolute atomic E-state index is 13.8. The molecule has 0 aromatic heterocycles. The van der Waals surface area contributed by atoms with E-state index in [1.807, 2.05) is 20.8 Å². The fourth-order valence-corrected chi connectivity index (χ4v) is 1.74. The molecule has 0 aliphatic heterocycles. The monoisotopic (exact) mass is 295 g/mol. The molecule has 2 amide bonds. The second-order valence-corrected chi connectivity index (χ2v) is 5.61. The molecular formula is C15H22FN3O2. The van der Waals surface area contributed by atoms with Gasteiger partial charge in [-0.25, -0.2) is 4.39 Å². The van der Waals surface area contributed by atoms with Crippen molar-refractivity contribution in [3.8, 4) is 0 Å². The molecule has 0 fully saturated rings. The highest BCUT2D eigenvalue weighted by molar-refractivity contribution is 5.97. The Hall–Kier alpha value is -1.95. The summed E-state index contributed by atoms with van der Waals surface area (Å²) in [5.74, 6) is -1.40. The van der Waals surface area contributed by atoms with Crippen molar-refractivity contribution in [2.75, 3.05) is 11.9 Å². The van der Waals surface area contributed by atoms with E-state index in [1.54, 1.807) is 0 Å². The number of rotatable bonds is 5. The van der Waals surface area contributed by atoms with Crippen LogP contribution < -0.4 is 16.4 Å². The lowest BCUT2D eigenvalue weighted by Crippen LogP contribution is -2.55. The minimum absolute atomic E-state index is 0.0908. The summed E-state index contributed by atoms with van der Waals surface area (Å²) in [5.41, 5.74) is 5.32. The summed E-state index contributed by atoms with van der Waals surface area (Å²) in [4.78, 5) is 23.3. The van der Waals surface area contributed by atoms with Crippen molar-refractivity contribution in [2.45, 2.75) is 33.2 Å². The normalized spacial score (nSPS) is 13.7. The number of anilines is 1. The Morgan fingerprint density at radius 3 is 2.48 bits per heavy atom. The molecule has 0 aliphatic rings. The highest BCUT2D eigenvalue weighted by Gasteiger charge is 2.29. The second-order valence-electron chi connectivity index (χ2n) is 5.61. The highest BCUT2D eigenvalue weighted by atomic mass is 19.1. The number of nitrogens with one attached hydrogen (secondary N) is 2. The van der Waals surface area contributed by atoms with Gasteiger partial charge in [-0.2, -0.15) is 0 Å². The van der Waals surface area contributed by atoms with Gasteiger partial charge in [0.2, 0.25) is 5.91 Å². The fourth-order valence-electron chi connectivity index (χ4n) is 1.74. The van der Waals surface area contributed by atoms with Crippen LogP contribution in [0.1, 0.15) is 38.1 Å². The second kappa shape index (κ2) is 6.67. The van der Waals surface area contributed by atoms with E-state index in [0.29, 0.717) is 5.69 Å². The summed E-state index contributed by atoms with van der Waals surface area (Å²) in [7, 11) is 0. The van der Waals surface area contributed by atoms with Crippen LogP contribution in [0.25, 0.3) is 0 Å². The molecule has 6 heteroatoms. The van der Waals surface area contributed by atoms with E-state index in [4.69, 9.17) is 5.73 Å². The molecule has 1 atom stereocenters. The number of halogens is 1. The third-order valence-corrected chi connectivity index (χ3v) is 3.63. The molecule has 1 rings (SSSR count). The van der Waals surface area contributed by atoms with E-state index in [0.717, 1.165) is 6.07 Å². The molecule has 0 heterocycles. The average Bonchev–Trinajstić information content (AvgIpc) is 2.39. The van der Waals surface area contributed by atoms with Gasteiger partial charge in [-0.1, -0.05) is 13.8 Å². The zero-order valence-corrected chi connectivity index (χ0v) is 12.8. The van der Waals surface area contributed by atoms with Gasteiger partial charge in [0, 0.05) is 19.2 Å². The number of nitrogens with two attached hydrogens (primary N) is 1. The molecular weight excluding hydrogens is 273 g/mol. The number of carbonyl (C=O) groups excluding carboxylic acids is 2. The molecule has 21 heavy (non-hydrogen) atoms. The van der Waals surface area contributed by atoms with Gasteiger partial charge >= 0.3 is 0 Å². The molecule has 0 aliphatic carbocycles. The van der Waals surface area contributed by atoms with Crippen LogP contribution in [0.4, 0.5) is 10.1 Å². The van der Waals surface area contributed by atoms with Gasteiger partial charge in [0.1, 0.15) is 5.82 Å². The molecule has 116 valence electrons. The zero-order valence-electron chi connectivity index (χ0n) is 12.8. The zero-order chi connectivity index (χ0) is 16.2. The first-order valence-electron chi connectivity index (χ1n) is 6.79. The maximum Gasteiger partial charge on any atom is 0.254 e. The number of hydrogen-bond acceptors (Lipinski definition) is 3. The van der Waals surface area contributed by atoms with E-state index in [2.05, 4.69) is 10.6 Å². The maximum atomic E-state index is 13.8. The Kier molecular flexibility index (Phi) is 5.43. The Balaban J connectivity index is 3.04. The van der Waals surface area contributed by atoms with Crippen molar-refractivity contribution >= 4 is 17.5 Å². The quantitative estimate of drug-likeness (QED) is 0.775. The minimum Gasteiger partial charge on any atom is -0.345 e. The Labute approximate surface area is 124 Å². The summed E-state index contributed by atoms with van der Waals surface area (Å²) in [6, 6.07) is 3.86. The molecule has 0 radical (unpaired) electrons. The van der Waals surface area contributed by atoms with Gasteiger partial charge < -0.3 is 16.4 Å². The Morgan fingerprint density at radius 2 is 2.00 bits per heavy atom. The first kappa shape index (κ1) is 17.1. The van der Waals surface area contributed by atoms with E-state index in [9.17, 15) is 14.0 Å². The van der Waals surface area contributed by atoms with Crippen molar-refractivity contribution < 1.29 is 14.0 Å². The third kappa shape index (κ3) is 4.26. The highest BCUT2D eigenvalue weighted by Crippen LogP contribution is 2.19. The molecule has 0 bridgehead atoms. The lowest BCUT2D eigenvalue weighted by atomic mass is 9.88. The number of benzene rings is 1. The molecule has 0 saturated heterocycles. The van der Waals surface area contributed by atoms with Crippen LogP contribution in [0.2, 0.25) is 0 Å². The lowest BCUT2D eigenvalue weighted by Gasteiger charge is -2.33. The lowest BCUT2D eigenvalue weighted by molar-refractivity contribution is -0.114. The van der Waals surface area contributed by atoms with Gasteiger partial charge in [-0.15, -0.1) is 0 Å². The van der Waals surface area contributed by atoms with Crippen LogP contribution in [-0.4, -0.2) is 23.9 Å². The molecule has 1 unspecified atom stereocenters. The van der Waals surface area contributed by atoms with Crippen molar-refractivity contribution in [3.05, 3.63) is 29.6 Å². The molecule has 0 spiro atoms. The van der Waals surface area contributed by atoms with Crippen LogP contribution in [0.5, 0.6) is 0 Å². The Morgan fingerprint density at radius 1 is 1.38 bits per heavy atom. The van der Waals surface area contributed by atoms with Crippen molar-refractivity contribution in [2.24, 2.45) is 11.7 Å². The van der Waals surface area contributed by atoms with Crippen molar-refractivity contribution in [1.29, 1.82) is 0 Å². The first-order chi connectivity index (χ1) is 9.69. The van der Waals surface area contributed by atoms with Crippen LogP contribution in [0.3, 0.4) is 0 Å². The number of hydrogen-bond donors (Lipinski definition) is 3. The van der Waals surface area contributed by atoms with Crippen LogP contribution in [-0.2, 0) is 4.79 Å². The summed E-state index contributed by atoms with van der Waals surface area (Å²) in [6.45, 7) is 7.25. The van der Waals surface area contributed by atoms with Crippen LogP contribution >= 0.6 is 0 Å². The third-order valence-electron chi connectivity index (χ3n) is 3.63. The molecule has 4 N–H and O–H groups in total.